The van der Waals surface area contributed by atoms with E-state index < -0.39 is 0 Å². The Morgan fingerprint density at radius 2 is 1.58 bits per heavy atom. The van der Waals surface area contributed by atoms with Crippen LogP contribution < -0.4 is 5.32 Å². The molecule has 2 aromatic rings. The van der Waals surface area contributed by atoms with Gasteiger partial charge in [-0.2, -0.15) is 0 Å². The fraction of sp³-hybridized carbons (Fsp3) is 0.294. The van der Waals surface area contributed by atoms with Crippen LogP contribution in [0, 0.1) is 6.92 Å². The highest BCUT2D eigenvalue weighted by Crippen LogP contribution is 2.38. The van der Waals surface area contributed by atoms with E-state index in [9.17, 15) is 5.11 Å². The van der Waals surface area contributed by atoms with Crippen LogP contribution in [0.3, 0.4) is 0 Å². The van der Waals surface area contributed by atoms with Gasteiger partial charge in [0.25, 0.3) is 0 Å². The van der Waals surface area contributed by atoms with E-state index in [1.807, 2.05) is 12.1 Å². The smallest absolute Gasteiger partial charge is 0.115 e. The molecule has 0 unspecified atom stereocenters. The number of hydrogen-bond donors (Lipinski definition) is 2. The molecule has 1 aliphatic rings. The van der Waals surface area contributed by atoms with Gasteiger partial charge in [0.1, 0.15) is 5.75 Å². The van der Waals surface area contributed by atoms with Crippen molar-refractivity contribution in [2.45, 2.75) is 31.7 Å². The van der Waals surface area contributed by atoms with E-state index in [4.69, 9.17) is 0 Å². The molecule has 2 nitrogen and oxygen atoms in total. The maximum absolute atomic E-state index is 9.25. The minimum absolute atomic E-state index is 0.316. The van der Waals surface area contributed by atoms with E-state index in [1.165, 1.54) is 24.0 Å². The van der Waals surface area contributed by atoms with E-state index in [-0.39, 0.29) is 0 Å². The summed E-state index contributed by atoms with van der Waals surface area (Å²) in [7, 11) is 0. The molecule has 2 aromatic carbocycles. The van der Waals surface area contributed by atoms with Gasteiger partial charge in [-0.3, -0.25) is 0 Å². The molecule has 98 valence electrons. The van der Waals surface area contributed by atoms with Crippen LogP contribution in [0.2, 0.25) is 0 Å². The number of benzene rings is 2. The molecule has 0 bridgehead atoms. The van der Waals surface area contributed by atoms with Crippen LogP contribution >= 0.6 is 0 Å². The van der Waals surface area contributed by atoms with Crippen molar-refractivity contribution in [3.8, 4) is 5.75 Å². The fourth-order valence-corrected chi connectivity index (χ4v) is 2.64. The Bertz CT molecular complexity index is 538. The zero-order chi connectivity index (χ0) is 13.2. The molecule has 1 fully saturated rings. The molecular formula is C17H19NO. The second kappa shape index (κ2) is 4.96. The standard InChI is InChI=1S/C17H19NO/c1-12-2-4-13(5-3-12)14-10-16(11-14)18-15-6-8-17(19)9-7-15/h2-9,14,16,18-19H,10-11H2,1H3. The van der Waals surface area contributed by atoms with E-state index in [1.54, 1.807) is 12.1 Å². The fourth-order valence-electron chi connectivity index (χ4n) is 2.64. The van der Waals surface area contributed by atoms with Crippen molar-refractivity contribution in [1.82, 2.24) is 0 Å². The van der Waals surface area contributed by atoms with Crippen LogP contribution in [0.25, 0.3) is 0 Å². The maximum atomic E-state index is 9.25. The van der Waals surface area contributed by atoms with Gasteiger partial charge in [-0.25, -0.2) is 0 Å². The summed E-state index contributed by atoms with van der Waals surface area (Å²) in [5, 5.41) is 12.8. The topological polar surface area (TPSA) is 32.3 Å². The van der Waals surface area contributed by atoms with Gasteiger partial charge in [-0.1, -0.05) is 29.8 Å². The Morgan fingerprint density at radius 1 is 0.947 bits per heavy atom. The van der Waals surface area contributed by atoms with Crippen LogP contribution in [0.15, 0.2) is 48.5 Å². The van der Waals surface area contributed by atoms with Crippen LogP contribution in [0.4, 0.5) is 5.69 Å². The lowest BCUT2D eigenvalue weighted by molar-refractivity contribution is 0.374. The normalized spacial score (nSPS) is 21.7. The highest BCUT2D eigenvalue weighted by atomic mass is 16.3. The summed E-state index contributed by atoms with van der Waals surface area (Å²) in [6.07, 6.45) is 2.37. The van der Waals surface area contributed by atoms with E-state index in [0.29, 0.717) is 17.7 Å². The van der Waals surface area contributed by atoms with Crippen molar-refractivity contribution in [3.05, 3.63) is 59.7 Å². The Morgan fingerprint density at radius 3 is 2.21 bits per heavy atom. The summed E-state index contributed by atoms with van der Waals surface area (Å²) >= 11 is 0. The Kier molecular flexibility index (Phi) is 3.16. The highest BCUT2D eigenvalue weighted by Gasteiger charge is 2.29. The average molecular weight is 253 g/mol. The largest absolute Gasteiger partial charge is 0.508 e. The number of nitrogens with one attached hydrogen (secondary N) is 1. The van der Waals surface area contributed by atoms with Crippen molar-refractivity contribution in [2.24, 2.45) is 0 Å². The lowest BCUT2D eigenvalue weighted by atomic mass is 9.75. The second-order valence-corrected chi connectivity index (χ2v) is 5.47. The van der Waals surface area contributed by atoms with Gasteiger partial charge in [-0.15, -0.1) is 0 Å². The van der Waals surface area contributed by atoms with Crippen molar-refractivity contribution >= 4 is 5.69 Å². The number of anilines is 1. The summed E-state index contributed by atoms with van der Waals surface area (Å²) in [5.41, 5.74) is 3.86. The van der Waals surface area contributed by atoms with Gasteiger partial charge in [0.15, 0.2) is 0 Å². The summed E-state index contributed by atoms with van der Waals surface area (Å²) in [4.78, 5) is 0. The average Bonchev–Trinajstić information content (AvgIpc) is 2.37. The Labute approximate surface area is 114 Å². The maximum Gasteiger partial charge on any atom is 0.115 e. The van der Waals surface area contributed by atoms with Crippen molar-refractivity contribution < 1.29 is 5.11 Å². The molecule has 0 amide bonds. The van der Waals surface area contributed by atoms with Gasteiger partial charge < -0.3 is 10.4 Å². The van der Waals surface area contributed by atoms with Crippen molar-refractivity contribution in [3.63, 3.8) is 0 Å². The van der Waals surface area contributed by atoms with Crippen LogP contribution in [-0.4, -0.2) is 11.1 Å². The van der Waals surface area contributed by atoms with Crippen molar-refractivity contribution in [1.29, 1.82) is 0 Å². The third-order valence-electron chi connectivity index (χ3n) is 3.92. The lowest BCUT2D eigenvalue weighted by Crippen LogP contribution is -2.33. The quantitative estimate of drug-likeness (QED) is 0.808. The molecule has 2 heteroatoms. The first-order valence-electron chi connectivity index (χ1n) is 6.83. The number of aromatic hydroxyl groups is 1. The minimum Gasteiger partial charge on any atom is -0.508 e. The molecular weight excluding hydrogens is 234 g/mol. The molecule has 1 saturated carbocycles. The van der Waals surface area contributed by atoms with E-state index in [0.717, 1.165) is 5.69 Å². The zero-order valence-electron chi connectivity index (χ0n) is 11.1. The van der Waals surface area contributed by atoms with Gasteiger partial charge in [0, 0.05) is 11.7 Å². The van der Waals surface area contributed by atoms with E-state index >= 15 is 0 Å². The summed E-state index contributed by atoms with van der Waals surface area (Å²) in [6.45, 7) is 2.12. The lowest BCUT2D eigenvalue weighted by Gasteiger charge is -2.37. The molecule has 0 heterocycles. The third kappa shape index (κ3) is 2.73. The first-order valence-corrected chi connectivity index (χ1v) is 6.83. The van der Waals surface area contributed by atoms with Crippen LogP contribution in [0.5, 0.6) is 5.75 Å². The number of phenolic OH excluding ortho intramolecular Hbond substituents is 1. The Balaban J connectivity index is 1.55. The number of rotatable bonds is 3. The van der Waals surface area contributed by atoms with Gasteiger partial charge in [-0.05, 0) is 55.5 Å². The Hall–Kier alpha value is -1.96. The third-order valence-corrected chi connectivity index (χ3v) is 3.92. The number of phenols is 1. The molecule has 0 aliphatic heterocycles. The predicted octanol–water partition coefficient (Wildman–Crippen LogP) is 4.06. The highest BCUT2D eigenvalue weighted by molar-refractivity contribution is 5.47. The first kappa shape index (κ1) is 12.1. The monoisotopic (exact) mass is 253 g/mol. The molecule has 0 radical (unpaired) electrons. The van der Waals surface area contributed by atoms with Gasteiger partial charge in [0.05, 0.1) is 0 Å². The molecule has 0 spiro atoms. The SMILES string of the molecule is Cc1ccc(C2CC(Nc3ccc(O)cc3)C2)cc1. The molecule has 1 aliphatic carbocycles. The molecule has 0 aromatic heterocycles. The molecule has 2 N–H and O–H groups in total. The first-order chi connectivity index (χ1) is 9.20. The molecule has 0 saturated heterocycles. The summed E-state index contributed by atoms with van der Waals surface area (Å²) < 4.78 is 0. The number of aryl methyl sites for hydroxylation is 1. The van der Waals surface area contributed by atoms with Crippen LogP contribution in [0.1, 0.15) is 29.9 Å². The van der Waals surface area contributed by atoms with E-state index in [2.05, 4.69) is 36.5 Å². The summed E-state index contributed by atoms with van der Waals surface area (Å²) in [6, 6.07) is 16.7. The molecule has 3 rings (SSSR count). The molecule has 19 heavy (non-hydrogen) atoms. The zero-order valence-corrected chi connectivity index (χ0v) is 11.1. The van der Waals surface area contributed by atoms with Gasteiger partial charge >= 0.3 is 0 Å². The predicted molar refractivity (Wildman–Crippen MR) is 78.7 cm³/mol. The minimum atomic E-state index is 0.316. The van der Waals surface area contributed by atoms with Crippen LogP contribution in [-0.2, 0) is 0 Å². The summed E-state index contributed by atoms with van der Waals surface area (Å²) in [5.74, 6) is 1.01. The van der Waals surface area contributed by atoms with Gasteiger partial charge in [0.2, 0.25) is 0 Å². The van der Waals surface area contributed by atoms with Crippen molar-refractivity contribution in [2.75, 3.05) is 5.32 Å². The number of hydrogen-bond acceptors (Lipinski definition) is 2. The molecule has 0 atom stereocenters. The second-order valence-electron chi connectivity index (χ2n) is 5.47.